The van der Waals surface area contributed by atoms with Gasteiger partial charge in [-0.05, 0) is 19.1 Å². The minimum absolute atomic E-state index is 0.132. The molecule has 3 nitrogen and oxygen atoms in total. The lowest BCUT2D eigenvalue weighted by Gasteiger charge is -2.02. The van der Waals surface area contributed by atoms with E-state index >= 15 is 0 Å². The maximum Gasteiger partial charge on any atom is 0.117 e. The highest BCUT2D eigenvalue weighted by Crippen LogP contribution is 2.18. The van der Waals surface area contributed by atoms with Gasteiger partial charge < -0.3 is 16.2 Å². The minimum Gasteiger partial charge on any atom is -0.508 e. The molecule has 0 saturated carbocycles. The van der Waals surface area contributed by atoms with Gasteiger partial charge in [0, 0.05) is 23.0 Å². The summed E-state index contributed by atoms with van der Waals surface area (Å²) in [6, 6.07) is 4.59. The summed E-state index contributed by atoms with van der Waals surface area (Å²) in [5, 5.41) is 16.3. The van der Waals surface area contributed by atoms with Crippen LogP contribution in [0.25, 0.3) is 0 Å². The van der Waals surface area contributed by atoms with E-state index in [-0.39, 0.29) is 5.75 Å². The van der Waals surface area contributed by atoms with Crippen LogP contribution in [-0.4, -0.2) is 10.8 Å². The van der Waals surface area contributed by atoms with E-state index in [0.717, 1.165) is 0 Å². The Balaban J connectivity index is 3.20. The number of nitrogens with one attached hydrogen (secondary N) is 1. The van der Waals surface area contributed by atoms with Crippen molar-refractivity contribution in [1.29, 1.82) is 5.41 Å². The number of phenols is 1. The van der Waals surface area contributed by atoms with Gasteiger partial charge >= 0.3 is 0 Å². The Morgan fingerprint density at radius 1 is 1.55 bits per heavy atom. The Morgan fingerprint density at radius 3 is 2.64 bits per heavy atom. The number of benzene rings is 1. The topological polar surface area (TPSA) is 70.1 Å². The molecular weight excluding hydrogens is 140 g/mol. The monoisotopic (exact) mass is 150 g/mol. The van der Waals surface area contributed by atoms with Gasteiger partial charge in [0.2, 0.25) is 0 Å². The molecule has 11 heavy (non-hydrogen) atoms. The molecule has 0 fully saturated rings. The van der Waals surface area contributed by atoms with E-state index in [1.54, 1.807) is 13.0 Å². The van der Waals surface area contributed by atoms with Gasteiger partial charge in [-0.1, -0.05) is 0 Å². The fraction of sp³-hybridized carbons (Fsp3) is 0.125. The van der Waals surface area contributed by atoms with Crippen molar-refractivity contribution in [3.05, 3.63) is 23.8 Å². The fourth-order valence-electron chi connectivity index (χ4n) is 0.892. The quantitative estimate of drug-likeness (QED) is 0.418. The Hall–Kier alpha value is -1.51. The number of hydrogen-bond donors (Lipinski definition) is 3. The third-order valence-electron chi connectivity index (χ3n) is 1.44. The zero-order valence-electron chi connectivity index (χ0n) is 6.26. The normalized spacial score (nSPS) is 9.55. The molecule has 0 unspecified atom stereocenters. The molecule has 0 amide bonds. The van der Waals surface area contributed by atoms with Crippen LogP contribution in [0.15, 0.2) is 18.2 Å². The van der Waals surface area contributed by atoms with Crippen molar-refractivity contribution < 1.29 is 5.11 Å². The zero-order chi connectivity index (χ0) is 8.43. The van der Waals surface area contributed by atoms with Crippen LogP contribution in [0.2, 0.25) is 0 Å². The smallest absolute Gasteiger partial charge is 0.117 e. The predicted octanol–water partition coefficient (Wildman–Crippen LogP) is 1.36. The number of aromatic hydroxyl groups is 1. The van der Waals surface area contributed by atoms with Crippen molar-refractivity contribution in [2.24, 2.45) is 0 Å². The van der Waals surface area contributed by atoms with Gasteiger partial charge in [-0.3, -0.25) is 0 Å². The molecule has 1 aromatic carbocycles. The molecule has 0 spiro atoms. The first-order chi connectivity index (χ1) is 5.11. The van der Waals surface area contributed by atoms with Crippen LogP contribution in [0.5, 0.6) is 5.75 Å². The van der Waals surface area contributed by atoms with Gasteiger partial charge in [0.25, 0.3) is 0 Å². The summed E-state index contributed by atoms with van der Waals surface area (Å²) in [5.74, 6) is 0.132. The van der Waals surface area contributed by atoms with Crippen molar-refractivity contribution in [2.45, 2.75) is 6.92 Å². The van der Waals surface area contributed by atoms with Crippen LogP contribution in [-0.2, 0) is 0 Å². The first-order valence-corrected chi connectivity index (χ1v) is 3.25. The molecule has 1 rings (SSSR count). The van der Waals surface area contributed by atoms with Gasteiger partial charge in [0.1, 0.15) is 5.75 Å². The van der Waals surface area contributed by atoms with E-state index in [4.69, 9.17) is 16.2 Å². The first-order valence-electron chi connectivity index (χ1n) is 3.25. The van der Waals surface area contributed by atoms with E-state index in [0.29, 0.717) is 17.0 Å². The molecule has 0 aliphatic heterocycles. The van der Waals surface area contributed by atoms with Crippen LogP contribution in [0.3, 0.4) is 0 Å². The molecule has 0 radical (unpaired) electrons. The molecule has 0 aromatic heterocycles. The number of phenolic OH excluding ortho intramolecular Hbond substituents is 1. The third kappa shape index (κ3) is 1.49. The van der Waals surface area contributed by atoms with Gasteiger partial charge in [0.15, 0.2) is 0 Å². The number of nitrogens with two attached hydrogens (primary N) is 1. The number of nitrogen functional groups attached to an aromatic ring is 1. The molecule has 4 N–H and O–H groups in total. The maximum atomic E-state index is 8.97. The molecule has 0 aliphatic carbocycles. The predicted molar refractivity (Wildman–Crippen MR) is 45.0 cm³/mol. The highest BCUT2D eigenvalue weighted by Gasteiger charge is 2.00. The number of hydrogen-bond acceptors (Lipinski definition) is 3. The summed E-state index contributed by atoms with van der Waals surface area (Å²) in [7, 11) is 0. The Morgan fingerprint density at radius 2 is 2.18 bits per heavy atom. The standard InChI is InChI=1S/C8H10N2O/c1-5(9)7-3-2-6(11)4-8(7)10/h2-4,9,11H,10H2,1H3. The average Bonchev–Trinajstić information content (AvgIpc) is 1.85. The zero-order valence-corrected chi connectivity index (χ0v) is 6.26. The highest BCUT2D eigenvalue weighted by atomic mass is 16.3. The van der Waals surface area contributed by atoms with E-state index in [2.05, 4.69) is 0 Å². The van der Waals surface area contributed by atoms with E-state index in [1.807, 2.05) is 0 Å². The van der Waals surface area contributed by atoms with E-state index in [9.17, 15) is 0 Å². The number of rotatable bonds is 1. The van der Waals surface area contributed by atoms with Gasteiger partial charge in [-0.25, -0.2) is 0 Å². The summed E-state index contributed by atoms with van der Waals surface area (Å²) in [5.41, 5.74) is 7.04. The molecule has 58 valence electrons. The lowest BCUT2D eigenvalue weighted by atomic mass is 10.1. The van der Waals surface area contributed by atoms with Crippen molar-refractivity contribution in [3.8, 4) is 5.75 Å². The molecule has 0 heterocycles. The summed E-state index contributed by atoms with van der Waals surface area (Å²) >= 11 is 0. The van der Waals surface area contributed by atoms with Gasteiger partial charge in [0.05, 0.1) is 0 Å². The van der Waals surface area contributed by atoms with Crippen molar-refractivity contribution in [1.82, 2.24) is 0 Å². The maximum absolute atomic E-state index is 8.97. The second-order valence-electron chi connectivity index (χ2n) is 2.40. The van der Waals surface area contributed by atoms with Crippen LogP contribution < -0.4 is 5.73 Å². The summed E-state index contributed by atoms with van der Waals surface area (Å²) in [6.07, 6.45) is 0. The molecule has 0 saturated heterocycles. The molecule has 0 aliphatic rings. The first kappa shape index (κ1) is 7.60. The molecule has 1 aromatic rings. The highest BCUT2D eigenvalue weighted by molar-refractivity contribution is 6.01. The van der Waals surface area contributed by atoms with Crippen LogP contribution in [0, 0.1) is 5.41 Å². The van der Waals surface area contributed by atoms with Crippen molar-refractivity contribution >= 4 is 11.4 Å². The van der Waals surface area contributed by atoms with Crippen LogP contribution in [0.4, 0.5) is 5.69 Å². The Labute approximate surface area is 65.0 Å². The molecule has 0 bridgehead atoms. The second kappa shape index (κ2) is 2.62. The van der Waals surface area contributed by atoms with E-state index < -0.39 is 0 Å². The van der Waals surface area contributed by atoms with Crippen molar-refractivity contribution in [2.75, 3.05) is 5.73 Å². The second-order valence-corrected chi connectivity index (χ2v) is 2.40. The largest absolute Gasteiger partial charge is 0.508 e. The minimum atomic E-state index is 0.132. The molecule has 3 heteroatoms. The van der Waals surface area contributed by atoms with Crippen LogP contribution >= 0.6 is 0 Å². The SMILES string of the molecule is CC(=N)c1ccc(O)cc1N. The number of anilines is 1. The van der Waals surface area contributed by atoms with E-state index in [1.165, 1.54) is 12.1 Å². The lowest BCUT2D eigenvalue weighted by molar-refractivity contribution is 0.475. The fourth-order valence-corrected chi connectivity index (χ4v) is 0.892. The molecule has 0 atom stereocenters. The summed E-state index contributed by atoms with van der Waals surface area (Å²) in [6.45, 7) is 1.66. The van der Waals surface area contributed by atoms with Gasteiger partial charge in [-0.15, -0.1) is 0 Å². The van der Waals surface area contributed by atoms with Crippen LogP contribution in [0.1, 0.15) is 12.5 Å². The Kier molecular flexibility index (Phi) is 1.81. The summed E-state index contributed by atoms with van der Waals surface area (Å²) < 4.78 is 0. The lowest BCUT2D eigenvalue weighted by Crippen LogP contribution is -1.98. The Bertz CT molecular complexity index is 294. The summed E-state index contributed by atoms with van der Waals surface area (Å²) in [4.78, 5) is 0. The van der Waals surface area contributed by atoms with Gasteiger partial charge in [-0.2, -0.15) is 0 Å². The molecular formula is C8H10N2O. The average molecular weight is 150 g/mol. The van der Waals surface area contributed by atoms with Crippen molar-refractivity contribution in [3.63, 3.8) is 0 Å². The third-order valence-corrected chi connectivity index (χ3v) is 1.44.